The van der Waals surface area contributed by atoms with E-state index in [1.807, 2.05) is 97.1 Å². The van der Waals surface area contributed by atoms with Crippen molar-refractivity contribution in [3.63, 3.8) is 0 Å². The van der Waals surface area contributed by atoms with Gasteiger partial charge in [-0.3, -0.25) is 43.2 Å². The number of para-hydroxylation sites is 4. The standard InChI is InChI=1S/C89H133N21O12/c90-48-18-9-31-64(97)80(112)102-69(36-10-19-49-91)81(113)103-70(37-11-20-50-92)82(114)104-71(38-12-21-51-93)83(115)105-72(39-13-22-52-94)84(116)106-73(40-14-23-53-95)85(117)108-76(43-17-26-56-99-79-62-29-3-7-34-67(62)101-68-35-8-4-30-63(68)79)87(119)109-75(42-16-25-55-98-78-60-27-1-5-32-65(60)100-66-33-6-2-28-61(66)78)86(118)107-74(41-15-24-54-96)88(120)110-77(89(121)122)57-58-44-46-59(111)47-45-58/h1-8,27-30,32-35,44-47,64,69-77,111H,9-26,31,36-43,48-57,90-97H2,(H,98,100)(H,99,101)(H,102,112)(H,103,113)(H,104,114)(H,105,115)(H,106,116)(H,107,118)(H,108,117)(H,109,119)(H,110,120)(H,121,122)/t64-,69-,70-,71-,72-,73-,74-,75-,76-,77-/m0/s1. The molecule has 0 bridgehead atoms. The van der Waals surface area contributed by atoms with E-state index in [4.69, 9.17) is 55.8 Å². The Morgan fingerprint density at radius 3 is 0.746 bits per heavy atom. The van der Waals surface area contributed by atoms with Gasteiger partial charge in [0.2, 0.25) is 53.2 Å². The molecule has 9 amide bonds. The maximum atomic E-state index is 15.6. The molecule has 0 saturated heterocycles. The number of pyridine rings is 2. The summed E-state index contributed by atoms with van der Waals surface area (Å²) in [6.45, 7) is 2.81. The van der Waals surface area contributed by atoms with Crippen LogP contribution in [0.5, 0.6) is 5.75 Å². The number of fused-ring (bicyclic) bond motifs is 4. The summed E-state index contributed by atoms with van der Waals surface area (Å²) in [4.78, 5) is 156. The number of phenolic OH excluding ortho intramolecular Hbond substituents is 1. The summed E-state index contributed by atoms with van der Waals surface area (Å²) >= 11 is 0. The number of aromatic hydroxyl groups is 1. The molecule has 29 N–H and O–H groups in total. The number of hydrogen-bond donors (Lipinski definition) is 21. The quantitative estimate of drug-likeness (QED) is 0.0183. The van der Waals surface area contributed by atoms with Gasteiger partial charge in [-0.2, -0.15) is 0 Å². The topological polar surface area (TPSA) is 577 Å². The number of carbonyl (C=O) groups is 10. The first-order valence-electron chi connectivity index (χ1n) is 43.6. The molecule has 0 spiro atoms. The maximum absolute atomic E-state index is 15.6. The number of nitrogens with two attached hydrogens (primary N) is 8. The average Bonchev–Trinajstić information content (AvgIpc) is 0.781. The number of nitrogens with zero attached hydrogens (tertiary/aromatic N) is 2. The Morgan fingerprint density at radius 1 is 0.279 bits per heavy atom. The van der Waals surface area contributed by atoms with E-state index in [9.17, 15) is 39.0 Å². The highest BCUT2D eigenvalue weighted by molar-refractivity contribution is 6.09. The van der Waals surface area contributed by atoms with E-state index in [2.05, 4.69) is 58.5 Å². The number of aromatic nitrogens is 2. The van der Waals surface area contributed by atoms with Crippen molar-refractivity contribution in [2.75, 3.05) is 69.5 Å². The third-order valence-corrected chi connectivity index (χ3v) is 21.7. The fraction of sp³-hybridized carbons (Fsp3) is 0.528. The van der Waals surface area contributed by atoms with Gasteiger partial charge in [0.1, 0.15) is 60.1 Å². The van der Waals surface area contributed by atoms with Crippen molar-refractivity contribution in [2.24, 2.45) is 45.9 Å². The number of phenols is 1. The second-order valence-electron chi connectivity index (χ2n) is 31.2. The number of rotatable bonds is 61. The van der Waals surface area contributed by atoms with Crippen LogP contribution in [0.4, 0.5) is 11.4 Å². The molecular formula is C89H133N21O12. The lowest BCUT2D eigenvalue weighted by molar-refractivity contribution is -0.142. The smallest absolute Gasteiger partial charge is 0.326 e. The first-order chi connectivity index (χ1) is 59.1. The van der Waals surface area contributed by atoms with Crippen molar-refractivity contribution in [2.45, 2.75) is 240 Å². The van der Waals surface area contributed by atoms with E-state index in [0.717, 1.165) is 55.0 Å². The van der Waals surface area contributed by atoms with Crippen LogP contribution in [0.3, 0.4) is 0 Å². The van der Waals surface area contributed by atoms with Crippen molar-refractivity contribution in [3.8, 4) is 5.75 Å². The summed E-state index contributed by atoms with van der Waals surface area (Å²) in [6, 6.07) is 24.1. The van der Waals surface area contributed by atoms with Gasteiger partial charge in [0, 0.05) is 41.1 Å². The molecule has 666 valence electrons. The first-order valence-corrected chi connectivity index (χ1v) is 43.6. The average molecular weight is 1690 g/mol. The number of carboxylic acid groups (broad SMARTS) is 1. The highest BCUT2D eigenvalue weighted by Gasteiger charge is 2.36. The van der Waals surface area contributed by atoms with Crippen LogP contribution < -0.4 is 104 Å². The van der Waals surface area contributed by atoms with Crippen LogP contribution in [0.1, 0.15) is 179 Å². The van der Waals surface area contributed by atoms with Crippen LogP contribution in [-0.4, -0.2) is 199 Å². The van der Waals surface area contributed by atoms with Gasteiger partial charge in [0.05, 0.1) is 39.5 Å². The molecule has 0 aliphatic rings. The maximum Gasteiger partial charge on any atom is 0.326 e. The molecule has 0 radical (unpaired) electrons. The fourth-order valence-corrected chi connectivity index (χ4v) is 14.7. The zero-order valence-corrected chi connectivity index (χ0v) is 70.5. The number of carboxylic acids is 1. The van der Waals surface area contributed by atoms with Crippen LogP contribution in [0.25, 0.3) is 43.6 Å². The number of hydrogen-bond acceptors (Lipinski definition) is 23. The SMILES string of the molecule is NCCCC[C@H](NC(=O)[C@H](CCCCNc1c2ccccc2nc2ccccc12)NC(=O)[C@H](CCCCNc1c2ccccc2nc2ccccc12)NC(=O)[C@H](CCCCN)NC(=O)[C@H](CCCCN)NC(=O)[C@H](CCCCN)NC(=O)[C@H](CCCCN)NC(=O)[C@H](CCCCN)NC(=O)[C@@H](N)CCCCN)C(=O)N[C@@H](Cc1ccc(O)cc1)C(=O)O. The number of benzene rings is 5. The van der Waals surface area contributed by atoms with Gasteiger partial charge >= 0.3 is 5.97 Å². The number of aliphatic carboxylic acids is 1. The third-order valence-electron chi connectivity index (χ3n) is 21.7. The lowest BCUT2D eigenvalue weighted by atomic mass is 10.0. The number of anilines is 2. The summed E-state index contributed by atoms with van der Waals surface area (Å²) in [5.41, 5.74) is 53.0. The van der Waals surface area contributed by atoms with E-state index in [1.54, 1.807) is 0 Å². The van der Waals surface area contributed by atoms with Gasteiger partial charge < -0.3 is 115 Å². The molecule has 33 nitrogen and oxygen atoms in total. The molecule has 7 rings (SSSR count). The molecule has 0 aliphatic carbocycles. The molecule has 122 heavy (non-hydrogen) atoms. The van der Waals surface area contributed by atoms with Crippen molar-refractivity contribution in [3.05, 3.63) is 127 Å². The molecule has 2 heterocycles. The second-order valence-corrected chi connectivity index (χ2v) is 31.2. The predicted molar refractivity (Wildman–Crippen MR) is 478 cm³/mol. The monoisotopic (exact) mass is 1690 g/mol. The molecular weight excluding hydrogens is 1560 g/mol. The minimum Gasteiger partial charge on any atom is -0.508 e. The van der Waals surface area contributed by atoms with E-state index >= 15 is 19.2 Å². The summed E-state index contributed by atoms with van der Waals surface area (Å²) in [5.74, 6) is -7.98. The number of carbonyl (C=O) groups excluding carboxylic acids is 9. The largest absolute Gasteiger partial charge is 0.508 e. The van der Waals surface area contributed by atoms with Crippen molar-refractivity contribution < 1.29 is 58.2 Å². The summed E-state index contributed by atoms with van der Waals surface area (Å²) < 4.78 is 0. The molecule has 0 aliphatic heterocycles. The normalized spacial score (nSPS) is 13.9. The Bertz CT molecular complexity index is 4340. The van der Waals surface area contributed by atoms with Crippen LogP contribution in [0.15, 0.2) is 121 Å². The zero-order chi connectivity index (χ0) is 88.0. The van der Waals surface area contributed by atoms with E-state index in [0.29, 0.717) is 154 Å². The number of unbranched alkanes of at least 4 members (excludes halogenated alkanes) is 9. The molecule has 7 aromatic rings. The van der Waals surface area contributed by atoms with E-state index in [-0.39, 0.29) is 96.3 Å². The second kappa shape index (κ2) is 54.6. The van der Waals surface area contributed by atoms with E-state index in [1.165, 1.54) is 24.3 Å². The Labute approximate surface area is 714 Å². The highest BCUT2D eigenvalue weighted by Crippen LogP contribution is 2.33. The summed E-state index contributed by atoms with van der Waals surface area (Å²) in [5, 5.41) is 56.8. The van der Waals surface area contributed by atoms with Gasteiger partial charge in [0.15, 0.2) is 0 Å². The Balaban J connectivity index is 1.19. The predicted octanol–water partition coefficient (Wildman–Crippen LogP) is 4.58. The minimum absolute atomic E-state index is 0.00238. The molecule has 0 fully saturated rings. The van der Waals surface area contributed by atoms with Gasteiger partial charge in [-0.05, 0) is 255 Å². The van der Waals surface area contributed by atoms with Gasteiger partial charge in [0.25, 0.3) is 0 Å². The lowest BCUT2D eigenvalue weighted by Gasteiger charge is -2.29. The van der Waals surface area contributed by atoms with Crippen LogP contribution in [0.2, 0.25) is 0 Å². The lowest BCUT2D eigenvalue weighted by Crippen LogP contribution is -2.60. The van der Waals surface area contributed by atoms with Crippen molar-refractivity contribution in [1.82, 2.24) is 57.8 Å². The number of nitrogens with one attached hydrogen (secondary N) is 11. The van der Waals surface area contributed by atoms with Crippen LogP contribution in [-0.2, 0) is 54.4 Å². The first kappa shape index (κ1) is 98.3. The Morgan fingerprint density at radius 2 is 0.500 bits per heavy atom. The van der Waals surface area contributed by atoms with Gasteiger partial charge in [-0.1, -0.05) is 91.3 Å². The van der Waals surface area contributed by atoms with E-state index < -0.39 is 120 Å². The Hall–Kier alpha value is -10.8. The molecule has 0 unspecified atom stereocenters. The van der Waals surface area contributed by atoms with Crippen molar-refractivity contribution in [1.29, 1.82) is 0 Å². The van der Waals surface area contributed by atoms with Crippen molar-refractivity contribution >= 4 is 114 Å². The zero-order valence-electron chi connectivity index (χ0n) is 70.5. The molecule has 33 heteroatoms. The van der Waals surface area contributed by atoms with Crippen LogP contribution in [0, 0.1) is 0 Å². The highest BCUT2D eigenvalue weighted by atomic mass is 16.4. The number of amides is 9. The van der Waals surface area contributed by atoms with Crippen LogP contribution >= 0.6 is 0 Å². The Kier molecular flexibility index (Phi) is 44.0. The molecule has 2 aromatic heterocycles. The van der Waals surface area contributed by atoms with Gasteiger partial charge in [-0.15, -0.1) is 0 Å². The molecule has 10 atom stereocenters. The third kappa shape index (κ3) is 32.6. The fourth-order valence-electron chi connectivity index (χ4n) is 14.7. The minimum atomic E-state index is -1.46. The summed E-state index contributed by atoms with van der Waals surface area (Å²) in [6.07, 6.45) is 8.38. The molecule has 5 aromatic carbocycles. The summed E-state index contributed by atoms with van der Waals surface area (Å²) in [7, 11) is 0. The molecule has 0 saturated carbocycles. The van der Waals surface area contributed by atoms with Gasteiger partial charge in [-0.25, -0.2) is 14.8 Å².